The lowest BCUT2D eigenvalue weighted by Gasteiger charge is -2.16. The Hall–Kier alpha value is -3.93. The van der Waals surface area contributed by atoms with Crippen LogP contribution < -0.4 is 10.3 Å². The molecule has 2 aromatic heterocycles. The lowest BCUT2D eigenvalue weighted by Crippen LogP contribution is -2.24. The molecule has 0 aliphatic carbocycles. The van der Waals surface area contributed by atoms with E-state index >= 15 is 0 Å². The third kappa shape index (κ3) is 3.33. The predicted octanol–water partition coefficient (Wildman–Crippen LogP) is 4.28. The number of aromatic hydroxyl groups is 1. The SMILES string of the molecule is COc1cccc(/C=C/c2nc3cccnc3c(=O)n2-c2c(C)cccc2C)c1O. The molecule has 2 heterocycles. The van der Waals surface area contributed by atoms with E-state index in [1.807, 2.05) is 32.0 Å². The highest BCUT2D eigenvalue weighted by Crippen LogP contribution is 2.30. The predicted molar refractivity (Wildman–Crippen MR) is 118 cm³/mol. The van der Waals surface area contributed by atoms with Crippen LogP contribution in [0, 0.1) is 13.8 Å². The number of nitrogens with zero attached hydrogens (tertiary/aromatic N) is 3. The minimum atomic E-state index is -0.243. The summed E-state index contributed by atoms with van der Waals surface area (Å²) in [6.07, 6.45) is 5.02. The fraction of sp³-hybridized carbons (Fsp3) is 0.125. The van der Waals surface area contributed by atoms with Gasteiger partial charge >= 0.3 is 0 Å². The van der Waals surface area contributed by atoms with E-state index in [1.165, 1.54) is 7.11 Å². The Kier molecular flexibility index (Phi) is 5.06. The van der Waals surface area contributed by atoms with Gasteiger partial charge in [0.25, 0.3) is 5.56 Å². The molecular formula is C24H21N3O3. The van der Waals surface area contributed by atoms with Gasteiger partial charge in [0.05, 0.1) is 18.3 Å². The van der Waals surface area contributed by atoms with Crippen LogP contribution in [0.5, 0.6) is 11.5 Å². The Labute approximate surface area is 173 Å². The average molecular weight is 399 g/mol. The third-order valence-electron chi connectivity index (χ3n) is 4.98. The van der Waals surface area contributed by atoms with Gasteiger partial charge in [0.15, 0.2) is 17.0 Å². The zero-order valence-corrected chi connectivity index (χ0v) is 17.0. The largest absolute Gasteiger partial charge is 0.504 e. The number of aryl methyl sites for hydroxylation is 2. The van der Waals surface area contributed by atoms with Crippen molar-refractivity contribution in [3.63, 3.8) is 0 Å². The Morgan fingerprint density at radius 1 is 1.00 bits per heavy atom. The van der Waals surface area contributed by atoms with Crippen LogP contribution in [0.1, 0.15) is 22.5 Å². The average Bonchev–Trinajstić information content (AvgIpc) is 2.74. The minimum absolute atomic E-state index is 0.0275. The van der Waals surface area contributed by atoms with Crippen molar-refractivity contribution in [2.75, 3.05) is 7.11 Å². The van der Waals surface area contributed by atoms with Gasteiger partial charge < -0.3 is 9.84 Å². The third-order valence-corrected chi connectivity index (χ3v) is 4.98. The normalized spacial score (nSPS) is 11.3. The summed E-state index contributed by atoms with van der Waals surface area (Å²) in [5, 5.41) is 10.4. The molecule has 2 aromatic carbocycles. The standard InChI is InChI=1S/C24H21N3O3/c1-15-7-4-8-16(2)22(15)27-20(26-18-10-6-14-25-21(18)24(27)29)13-12-17-9-5-11-19(30-3)23(17)28/h4-14,28H,1-3H3/b13-12+. The fourth-order valence-electron chi connectivity index (χ4n) is 3.52. The molecule has 0 saturated carbocycles. The maximum atomic E-state index is 13.4. The van der Waals surface area contributed by atoms with Crippen molar-refractivity contribution < 1.29 is 9.84 Å². The number of fused-ring (bicyclic) bond motifs is 1. The van der Waals surface area contributed by atoms with Crippen LogP contribution in [0.15, 0.2) is 59.5 Å². The van der Waals surface area contributed by atoms with Crippen LogP contribution in [-0.2, 0) is 0 Å². The number of pyridine rings is 1. The van der Waals surface area contributed by atoms with Crippen molar-refractivity contribution in [1.29, 1.82) is 0 Å². The molecule has 0 unspecified atom stereocenters. The van der Waals surface area contributed by atoms with E-state index in [1.54, 1.807) is 53.2 Å². The fourth-order valence-corrected chi connectivity index (χ4v) is 3.52. The molecule has 30 heavy (non-hydrogen) atoms. The molecule has 4 rings (SSSR count). The molecule has 0 amide bonds. The van der Waals surface area contributed by atoms with E-state index in [9.17, 15) is 9.90 Å². The number of aromatic nitrogens is 3. The highest BCUT2D eigenvalue weighted by molar-refractivity contribution is 5.78. The second-order valence-electron chi connectivity index (χ2n) is 6.95. The lowest BCUT2D eigenvalue weighted by molar-refractivity contribution is 0.373. The van der Waals surface area contributed by atoms with E-state index < -0.39 is 0 Å². The molecule has 6 heteroatoms. The first kappa shape index (κ1) is 19.4. The van der Waals surface area contributed by atoms with Crippen molar-refractivity contribution >= 4 is 23.2 Å². The maximum absolute atomic E-state index is 13.4. The molecule has 150 valence electrons. The highest BCUT2D eigenvalue weighted by atomic mass is 16.5. The zero-order chi connectivity index (χ0) is 21.3. The van der Waals surface area contributed by atoms with Crippen molar-refractivity contribution in [2.24, 2.45) is 0 Å². The molecule has 4 aromatic rings. The van der Waals surface area contributed by atoms with E-state index in [0.29, 0.717) is 28.2 Å². The quantitative estimate of drug-likeness (QED) is 0.554. The van der Waals surface area contributed by atoms with Gasteiger partial charge in [-0.25, -0.2) is 9.97 Å². The summed E-state index contributed by atoms with van der Waals surface area (Å²) in [6.45, 7) is 3.91. The van der Waals surface area contributed by atoms with Crippen LogP contribution in [0.3, 0.4) is 0 Å². The number of rotatable bonds is 4. The Morgan fingerprint density at radius 2 is 1.73 bits per heavy atom. The number of ether oxygens (including phenoxy) is 1. The van der Waals surface area contributed by atoms with Crippen molar-refractivity contribution in [3.8, 4) is 17.2 Å². The first-order valence-electron chi connectivity index (χ1n) is 9.49. The van der Waals surface area contributed by atoms with Crippen LogP contribution in [0.25, 0.3) is 28.9 Å². The minimum Gasteiger partial charge on any atom is -0.504 e. The Bertz CT molecular complexity index is 1320. The van der Waals surface area contributed by atoms with E-state index in [0.717, 1.165) is 16.8 Å². The van der Waals surface area contributed by atoms with Gasteiger partial charge in [-0.2, -0.15) is 0 Å². The summed E-state index contributed by atoms with van der Waals surface area (Å²) in [5.41, 5.74) is 3.81. The number of phenolic OH excluding ortho intramolecular Hbond substituents is 1. The van der Waals surface area contributed by atoms with E-state index in [2.05, 4.69) is 9.97 Å². The molecule has 1 N–H and O–H groups in total. The molecule has 0 saturated heterocycles. The summed E-state index contributed by atoms with van der Waals surface area (Å²) in [7, 11) is 1.50. The molecule has 6 nitrogen and oxygen atoms in total. The number of benzene rings is 2. The molecule has 0 radical (unpaired) electrons. The van der Waals surface area contributed by atoms with E-state index in [4.69, 9.17) is 4.74 Å². The molecule has 0 spiro atoms. The topological polar surface area (TPSA) is 77.2 Å². The highest BCUT2D eigenvalue weighted by Gasteiger charge is 2.15. The molecule has 0 fully saturated rings. The van der Waals surface area contributed by atoms with Gasteiger partial charge in [0.2, 0.25) is 0 Å². The summed E-state index contributed by atoms with van der Waals surface area (Å²) in [6, 6.07) is 14.6. The van der Waals surface area contributed by atoms with Crippen molar-refractivity contribution in [2.45, 2.75) is 13.8 Å². The molecule has 0 aliphatic heterocycles. The van der Waals surface area contributed by atoms with Gasteiger partial charge in [-0.15, -0.1) is 0 Å². The molecule has 0 aliphatic rings. The second kappa shape index (κ2) is 7.83. The maximum Gasteiger partial charge on any atom is 0.284 e. The number of methoxy groups -OCH3 is 1. The van der Waals surface area contributed by atoms with Gasteiger partial charge in [0, 0.05) is 11.8 Å². The monoisotopic (exact) mass is 399 g/mol. The summed E-state index contributed by atoms with van der Waals surface area (Å²) in [5.74, 6) is 0.847. The summed E-state index contributed by atoms with van der Waals surface area (Å²) >= 11 is 0. The van der Waals surface area contributed by atoms with Crippen LogP contribution >= 0.6 is 0 Å². The number of hydrogen-bond acceptors (Lipinski definition) is 5. The Balaban J connectivity index is 1.99. The van der Waals surface area contributed by atoms with Gasteiger partial charge in [-0.1, -0.05) is 30.3 Å². The number of phenols is 1. The van der Waals surface area contributed by atoms with Crippen LogP contribution in [-0.4, -0.2) is 26.8 Å². The molecular weight excluding hydrogens is 378 g/mol. The van der Waals surface area contributed by atoms with Crippen molar-refractivity contribution in [1.82, 2.24) is 14.5 Å². The summed E-state index contributed by atoms with van der Waals surface area (Å²) in [4.78, 5) is 22.3. The second-order valence-corrected chi connectivity index (χ2v) is 6.95. The summed E-state index contributed by atoms with van der Waals surface area (Å²) < 4.78 is 6.75. The van der Waals surface area contributed by atoms with Crippen LogP contribution in [0.2, 0.25) is 0 Å². The first-order valence-corrected chi connectivity index (χ1v) is 9.49. The van der Waals surface area contributed by atoms with Crippen molar-refractivity contribution in [3.05, 3.63) is 87.6 Å². The van der Waals surface area contributed by atoms with Gasteiger partial charge in [-0.3, -0.25) is 9.36 Å². The van der Waals surface area contributed by atoms with Gasteiger partial charge in [-0.05, 0) is 55.3 Å². The Morgan fingerprint density at radius 3 is 2.47 bits per heavy atom. The molecule has 0 bridgehead atoms. The molecule has 0 atom stereocenters. The van der Waals surface area contributed by atoms with E-state index in [-0.39, 0.29) is 11.3 Å². The number of para-hydroxylation sites is 2. The zero-order valence-electron chi connectivity index (χ0n) is 17.0. The lowest BCUT2D eigenvalue weighted by atomic mass is 10.1. The van der Waals surface area contributed by atoms with Crippen LogP contribution in [0.4, 0.5) is 0 Å². The van der Waals surface area contributed by atoms with Gasteiger partial charge in [0.1, 0.15) is 5.82 Å². The first-order chi connectivity index (χ1) is 14.5. The smallest absolute Gasteiger partial charge is 0.284 e. The number of hydrogen-bond donors (Lipinski definition) is 1.